The molecule has 19 heavy (non-hydrogen) atoms. The molecule has 0 radical (unpaired) electrons. The van der Waals surface area contributed by atoms with E-state index in [1.54, 1.807) is 45.6 Å². The van der Waals surface area contributed by atoms with E-state index in [2.05, 4.69) is 0 Å². The van der Waals surface area contributed by atoms with Gasteiger partial charge in [-0.25, -0.2) is 0 Å². The lowest BCUT2D eigenvalue weighted by Gasteiger charge is -2.07. The molecule has 0 aliphatic carbocycles. The van der Waals surface area contributed by atoms with Gasteiger partial charge in [-0.15, -0.1) is 0 Å². The molecule has 2 rings (SSSR count). The van der Waals surface area contributed by atoms with E-state index in [-0.39, 0.29) is 5.08 Å². The second kappa shape index (κ2) is 7.94. The Morgan fingerprint density at radius 2 is 1.37 bits per heavy atom. The highest BCUT2D eigenvalue weighted by Crippen LogP contribution is 2.12. The van der Waals surface area contributed by atoms with Crippen LogP contribution in [-0.2, 0) is 22.4 Å². The highest BCUT2D eigenvalue weighted by molar-refractivity contribution is 8.10. The summed E-state index contributed by atoms with van der Waals surface area (Å²) in [5.74, 6) is 0. The van der Waals surface area contributed by atoms with Crippen LogP contribution in [0.25, 0.3) is 12.2 Å². The van der Waals surface area contributed by atoms with Crippen LogP contribution in [0.3, 0.4) is 0 Å². The summed E-state index contributed by atoms with van der Waals surface area (Å²) in [7, 11) is 0. The van der Waals surface area contributed by atoms with Gasteiger partial charge in [0.25, 0.3) is 5.08 Å². The van der Waals surface area contributed by atoms with Crippen molar-refractivity contribution in [3.8, 4) is 0 Å². The van der Waals surface area contributed by atoms with Crippen LogP contribution in [0.4, 0.5) is 0 Å². The van der Waals surface area contributed by atoms with Gasteiger partial charge in [0.15, 0.2) is 0 Å². The summed E-state index contributed by atoms with van der Waals surface area (Å²) >= 11 is 0.767. The lowest BCUT2D eigenvalue weighted by Crippen LogP contribution is -2.11. The minimum Gasteiger partial charge on any atom is -0.608 e. The van der Waals surface area contributed by atoms with Gasteiger partial charge in [0.1, 0.15) is 10.8 Å². The highest BCUT2D eigenvalue weighted by atomic mass is 32.3. The molecule has 0 aliphatic heterocycles. The molecule has 2 aromatic heterocycles. The Hall–Kier alpha value is -0.500. The van der Waals surface area contributed by atoms with Gasteiger partial charge < -0.3 is 9.11 Å². The van der Waals surface area contributed by atoms with E-state index in [9.17, 15) is 9.11 Å². The smallest absolute Gasteiger partial charge is 0.262 e. The average molecular weight is 329 g/mol. The summed E-state index contributed by atoms with van der Waals surface area (Å²) in [5, 5.41) is 11.2. The number of rotatable bonds is 6. The second-order valence-corrected chi connectivity index (χ2v) is 8.17. The molecule has 0 amide bonds. The summed E-state index contributed by atoms with van der Waals surface area (Å²) in [6, 6.07) is 3.90. The van der Waals surface area contributed by atoms with Gasteiger partial charge in [0.05, 0.1) is 0 Å². The quantitative estimate of drug-likeness (QED) is 0.755. The standard InChI is InChI=1S/C13H12O2S4/c14-18(7-3-12-1-5-16-9-12)11-19(15)8-4-13-2-6-17-10-13/h1-10H,11H2/b7-3+,8-4?. The van der Waals surface area contributed by atoms with Crippen LogP contribution in [0.2, 0.25) is 0 Å². The van der Waals surface area contributed by atoms with Crippen molar-refractivity contribution in [1.29, 1.82) is 0 Å². The zero-order valence-corrected chi connectivity index (χ0v) is 13.2. The fourth-order valence-corrected chi connectivity index (χ4v) is 4.66. The SMILES string of the molecule is [O-][S+](C=Cc1ccsc1)C[S+]([O-])/C=C/c1ccsc1. The summed E-state index contributed by atoms with van der Waals surface area (Å²) in [6.07, 6.45) is 3.60. The van der Waals surface area contributed by atoms with Crippen molar-refractivity contribution in [2.45, 2.75) is 0 Å². The molecule has 0 aromatic carbocycles. The molecule has 0 fully saturated rings. The molecular formula is C13H12O2S4. The number of thiophene rings is 2. The van der Waals surface area contributed by atoms with Crippen LogP contribution in [0, 0.1) is 0 Å². The molecule has 0 spiro atoms. The van der Waals surface area contributed by atoms with Gasteiger partial charge in [-0.05, 0) is 56.9 Å². The van der Waals surface area contributed by atoms with Crippen LogP contribution in [0.1, 0.15) is 11.1 Å². The summed E-state index contributed by atoms with van der Waals surface area (Å²) < 4.78 is 23.4. The number of hydrogen-bond donors (Lipinski definition) is 0. The first-order valence-corrected chi connectivity index (χ1v) is 10.0. The molecule has 2 heterocycles. The van der Waals surface area contributed by atoms with Crippen molar-refractivity contribution in [2.24, 2.45) is 0 Å². The zero-order chi connectivity index (χ0) is 13.5. The third kappa shape index (κ3) is 5.56. The van der Waals surface area contributed by atoms with Crippen LogP contribution in [0.15, 0.2) is 44.5 Å². The summed E-state index contributed by atoms with van der Waals surface area (Å²) in [6.45, 7) is 0. The molecule has 2 nitrogen and oxygen atoms in total. The normalized spacial score (nSPS) is 15.3. The van der Waals surface area contributed by atoms with Crippen molar-refractivity contribution in [2.75, 3.05) is 5.08 Å². The first-order chi connectivity index (χ1) is 9.24. The van der Waals surface area contributed by atoms with E-state index in [0.717, 1.165) is 11.1 Å². The van der Waals surface area contributed by atoms with E-state index >= 15 is 0 Å². The molecule has 0 aliphatic rings. The first-order valence-electron chi connectivity index (χ1n) is 5.39. The molecule has 100 valence electrons. The lowest BCUT2D eigenvalue weighted by molar-refractivity contribution is 0.596. The van der Waals surface area contributed by atoms with E-state index in [4.69, 9.17) is 0 Å². The highest BCUT2D eigenvalue weighted by Gasteiger charge is 2.11. The van der Waals surface area contributed by atoms with Gasteiger partial charge in [0, 0.05) is 22.4 Å². The van der Waals surface area contributed by atoms with E-state index in [1.807, 2.05) is 33.7 Å². The van der Waals surface area contributed by atoms with Crippen molar-refractivity contribution in [3.63, 3.8) is 0 Å². The summed E-state index contributed by atoms with van der Waals surface area (Å²) in [4.78, 5) is 0. The van der Waals surface area contributed by atoms with Gasteiger partial charge in [-0.1, -0.05) is 0 Å². The zero-order valence-electron chi connectivity index (χ0n) is 9.93. The molecule has 0 saturated carbocycles. The maximum Gasteiger partial charge on any atom is 0.262 e. The van der Waals surface area contributed by atoms with Crippen LogP contribution < -0.4 is 0 Å². The van der Waals surface area contributed by atoms with Gasteiger partial charge in [-0.2, -0.15) is 22.7 Å². The molecule has 2 atom stereocenters. The maximum atomic E-state index is 11.7. The fourth-order valence-electron chi connectivity index (χ4n) is 1.24. The Morgan fingerprint density at radius 1 is 0.895 bits per heavy atom. The fraction of sp³-hybridized carbons (Fsp3) is 0.0769. The van der Waals surface area contributed by atoms with Crippen LogP contribution in [-0.4, -0.2) is 14.2 Å². The van der Waals surface area contributed by atoms with Crippen molar-refractivity contribution in [1.82, 2.24) is 0 Å². The molecule has 0 saturated heterocycles. The topological polar surface area (TPSA) is 46.1 Å². The van der Waals surface area contributed by atoms with Crippen LogP contribution >= 0.6 is 22.7 Å². The third-order valence-corrected chi connectivity index (χ3v) is 6.28. The van der Waals surface area contributed by atoms with E-state index < -0.39 is 22.4 Å². The summed E-state index contributed by atoms with van der Waals surface area (Å²) in [5.41, 5.74) is 2.05. The van der Waals surface area contributed by atoms with Crippen LogP contribution in [0.5, 0.6) is 0 Å². The van der Waals surface area contributed by atoms with Crippen molar-refractivity contribution >= 4 is 57.2 Å². The van der Waals surface area contributed by atoms with Gasteiger partial charge in [-0.3, -0.25) is 0 Å². The average Bonchev–Trinajstić information content (AvgIpc) is 3.07. The largest absolute Gasteiger partial charge is 0.608 e. The Morgan fingerprint density at radius 3 is 1.74 bits per heavy atom. The predicted octanol–water partition coefficient (Wildman–Crippen LogP) is 3.91. The maximum absolute atomic E-state index is 11.7. The minimum atomic E-state index is -1.21. The van der Waals surface area contributed by atoms with E-state index in [1.165, 1.54) is 0 Å². The monoisotopic (exact) mass is 328 g/mol. The lowest BCUT2D eigenvalue weighted by atomic mass is 10.3. The molecule has 6 heteroatoms. The Labute approximate surface area is 126 Å². The van der Waals surface area contributed by atoms with Crippen molar-refractivity contribution in [3.05, 3.63) is 55.6 Å². The molecule has 2 aromatic rings. The Kier molecular flexibility index (Phi) is 6.22. The molecule has 0 N–H and O–H groups in total. The molecule has 2 unspecified atom stereocenters. The second-order valence-electron chi connectivity index (χ2n) is 3.60. The minimum absolute atomic E-state index is 0.140. The predicted molar refractivity (Wildman–Crippen MR) is 87.9 cm³/mol. The Balaban J connectivity index is 1.80. The first kappa shape index (κ1) is 14.9. The Bertz CT molecular complexity index is 469. The van der Waals surface area contributed by atoms with Gasteiger partial charge in [0.2, 0.25) is 0 Å². The number of hydrogen-bond acceptors (Lipinski definition) is 4. The van der Waals surface area contributed by atoms with E-state index in [0.29, 0.717) is 0 Å². The molecular weight excluding hydrogens is 316 g/mol. The van der Waals surface area contributed by atoms with Crippen molar-refractivity contribution < 1.29 is 9.11 Å². The molecule has 0 bridgehead atoms. The van der Waals surface area contributed by atoms with Gasteiger partial charge >= 0.3 is 0 Å². The third-order valence-electron chi connectivity index (χ3n) is 2.14.